The van der Waals surface area contributed by atoms with E-state index in [4.69, 9.17) is 5.73 Å². The van der Waals surface area contributed by atoms with Crippen LogP contribution in [0, 0.1) is 5.92 Å². The fraction of sp³-hybridized carbons (Fsp3) is 0.938. The number of amides is 1. The lowest BCUT2D eigenvalue weighted by molar-refractivity contribution is -0.122. The lowest BCUT2D eigenvalue weighted by atomic mass is 9.94. The summed E-state index contributed by atoms with van der Waals surface area (Å²) in [4.78, 5) is 11.4. The van der Waals surface area contributed by atoms with Crippen molar-refractivity contribution in [1.29, 1.82) is 0 Å². The largest absolute Gasteiger partial charge is 0.369 e. The first-order valence-electron chi connectivity index (χ1n) is 8.10. The van der Waals surface area contributed by atoms with Crippen LogP contribution in [-0.4, -0.2) is 5.91 Å². The summed E-state index contributed by atoms with van der Waals surface area (Å²) in [6.07, 6.45) is 18.1. The first-order chi connectivity index (χ1) is 8.80. The van der Waals surface area contributed by atoms with Gasteiger partial charge in [-0.25, -0.2) is 0 Å². The zero-order valence-electron chi connectivity index (χ0n) is 12.0. The van der Waals surface area contributed by atoms with Gasteiger partial charge in [-0.05, 0) is 12.8 Å². The third-order valence-electron chi connectivity index (χ3n) is 4.26. The lowest BCUT2D eigenvalue weighted by Gasteiger charge is -2.12. The fourth-order valence-corrected chi connectivity index (χ4v) is 2.98. The summed E-state index contributed by atoms with van der Waals surface area (Å²) >= 11 is 0. The summed E-state index contributed by atoms with van der Waals surface area (Å²) in [5.41, 5.74) is 5.49. The Morgan fingerprint density at radius 2 is 0.889 bits per heavy atom. The molecule has 0 aromatic heterocycles. The van der Waals surface area contributed by atoms with Gasteiger partial charge in [0.2, 0.25) is 5.91 Å². The van der Waals surface area contributed by atoms with Gasteiger partial charge in [0.25, 0.3) is 0 Å². The second-order valence-corrected chi connectivity index (χ2v) is 5.92. The number of rotatable bonds is 1. The van der Waals surface area contributed by atoms with Crippen molar-refractivity contribution >= 4 is 5.91 Å². The Labute approximate surface area is 113 Å². The molecule has 0 aromatic rings. The van der Waals surface area contributed by atoms with Crippen molar-refractivity contribution < 1.29 is 4.79 Å². The molecule has 0 saturated heterocycles. The maximum Gasteiger partial charge on any atom is 0.220 e. The molecule has 0 radical (unpaired) electrons. The minimum Gasteiger partial charge on any atom is -0.369 e. The molecule has 0 heterocycles. The van der Waals surface area contributed by atoms with Gasteiger partial charge >= 0.3 is 0 Å². The molecular formula is C16H31NO. The van der Waals surface area contributed by atoms with Crippen molar-refractivity contribution in [3.05, 3.63) is 0 Å². The Morgan fingerprint density at radius 1 is 0.611 bits per heavy atom. The van der Waals surface area contributed by atoms with Crippen molar-refractivity contribution in [2.24, 2.45) is 11.7 Å². The molecule has 1 rings (SSSR count). The number of carbonyl (C=O) groups is 1. The zero-order chi connectivity index (χ0) is 13.1. The minimum atomic E-state index is -0.0701. The smallest absolute Gasteiger partial charge is 0.220 e. The quantitative estimate of drug-likeness (QED) is 0.731. The lowest BCUT2D eigenvalue weighted by Crippen LogP contribution is -2.23. The van der Waals surface area contributed by atoms with Crippen molar-refractivity contribution in [1.82, 2.24) is 0 Å². The third-order valence-corrected chi connectivity index (χ3v) is 4.26. The highest BCUT2D eigenvalue weighted by atomic mass is 16.1. The summed E-state index contributed by atoms with van der Waals surface area (Å²) in [5, 5.41) is 0. The van der Waals surface area contributed by atoms with Crippen LogP contribution in [0.15, 0.2) is 0 Å². The highest BCUT2D eigenvalue weighted by Crippen LogP contribution is 2.20. The highest BCUT2D eigenvalue weighted by Gasteiger charge is 2.14. The second kappa shape index (κ2) is 10.4. The second-order valence-electron chi connectivity index (χ2n) is 5.92. The van der Waals surface area contributed by atoms with Gasteiger partial charge in [0.1, 0.15) is 0 Å². The number of carbonyl (C=O) groups excluding carboxylic acids is 1. The van der Waals surface area contributed by atoms with Gasteiger partial charge in [0, 0.05) is 5.92 Å². The maximum atomic E-state index is 11.4. The average molecular weight is 253 g/mol. The Balaban J connectivity index is 2.26. The van der Waals surface area contributed by atoms with Crippen LogP contribution in [0.3, 0.4) is 0 Å². The molecule has 2 N–H and O–H groups in total. The van der Waals surface area contributed by atoms with Gasteiger partial charge < -0.3 is 5.73 Å². The van der Waals surface area contributed by atoms with E-state index in [1.165, 1.54) is 77.0 Å². The number of primary amides is 1. The molecule has 1 fully saturated rings. The van der Waals surface area contributed by atoms with Gasteiger partial charge in [-0.2, -0.15) is 0 Å². The number of hydrogen-bond acceptors (Lipinski definition) is 1. The Bertz CT molecular complexity index is 199. The first kappa shape index (κ1) is 15.5. The molecule has 0 spiro atoms. The Kier molecular flexibility index (Phi) is 8.97. The van der Waals surface area contributed by atoms with Gasteiger partial charge in [0.15, 0.2) is 0 Å². The van der Waals surface area contributed by atoms with Crippen molar-refractivity contribution in [3.8, 4) is 0 Å². The summed E-state index contributed by atoms with van der Waals surface area (Å²) in [5.74, 6) is 0.0782. The molecule has 1 amide bonds. The van der Waals surface area contributed by atoms with E-state index in [9.17, 15) is 4.79 Å². The molecule has 1 aliphatic carbocycles. The molecular weight excluding hydrogens is 222 g/mol. The van der Waals surface area contributed by atoms with E-state index in [0.29, 0.717) is 0 Å². The van der Waals surface area contributed by atoms with Gasteiger partial charge in [-0.15, -0.1) is 0 Å². The van der Waals surface area contributed by atoms with Crippen LogP contribution >= 0.6 is 0 Å². The van der Waals surface area contributed by atoms with Crippen LogP contribution in [0.4, 0.5) is 0 Å². The summed E-state index contributed by atoms with van der Waals surface area (Å²) < 4.78 is 0. The number of nitrogens with two attached hydrogens (primary N) is 1. The molecule has 2 heteroatoms. The molecule has 0 unspecified atom stereocenters. The monoisotopic (exact) mass is 253 g/mol. The van der Waals surface area contributed by atoms with Crippen molar-refractivity contribution in [2.45, 2.75) is 89.9 Å². The highest BCUT2D eigenvalue weighted by molar-refractivity contribution is 5.76. The fourth-order valence-electron chi connectivity index (χ4n) is 2.98. The molecule has 0 atom stereocenters. The third kappa shape index (κ3) is 7.73. The summed E-state index contributed by atoms with van der Waals surface area (Å²) in [7, 11) is 0. The predicted octanol–water partition coefficient (Wildman–Crippen LogP) is 4.56. The van der Waals surface area contributed by atoms with Crippen LogP contribution < -0.4 is 5.73 Å². The Morgan fingerprint density at radius 3 is 1.17 bits per heavy atom. The molecule has 0 bridgehead atoms. The van der Waals surface area contributed by atoms with Crippen LogP contribution in [0.1, 0.15) is 89.9 Å². The molecule has 1 aliphatic rings. The van der Waals surface area contributed by atoms with Crippen LogP contribution in [0.5, 0.6) is 0 Å². The Hall–Kier alpha value is -0.530. The van der Waals surface area contributed by atoms with Gasteiger partial charge in [0.05, 0.1) is 0 Å². The van der Waals surface area contributed by atoms with E-state index in [1.807, 2.05) is 0 Å². The van der Waals surface area contributed by atoms with E-state index in [0.717, 1.165) is 12.8 Å². The maximum absolute atomic E-state index is 11.4. The molecule has 106 valence electrons. The standard InChI is InChI=1S/C16H31NO/c17-16(18)15-13-11-9-7-5-3-1-2-4-6-8-10-12-14-15/h15H,1-14H2,(H2,17,18). The van der Waals surface area contributed by atoms with E-state index in [-0.39, 0.29) is 11.8 Å². The molecule has 2 nitrogen and oxygen atoms in total. The van der Waals surface area contributed by atoms with Crippen molar-refractivity contribution in [3.63, 3.8) is 0 Å². The summed E-state index contributed by atoms with van der Waals surface area (Å²) in [6.45, 7) is 0. The molecule has 0 aliphatic heterocycles. The molecule has 18 heavy (non-hydrogen) atoms. The molecule has 0 aromatic carbocycles. The minimum absolute atomic E-state index is 0.0701. The zero-order valence-corrected chi connectivity index (χ0v) is 12.0. The average Bonchev–Trinajstić information content (AvgIpc) is 2.36. The predicted molar refractivity (Wildman–Crippen MR) is 77.3 cm³/mol. The van der Waals surface area contributed by atoms with E-state index < -0.39 is 0 Å². The topological polar surface area (TPSA) is 43.1 Å². The SMILES string of the molecule is NC(=O)C1CCCCCCCCCCCCCC1. The summed E-state index contributed by atoms with van der Waals surface area (Å²) in [6, 6.07) is 0. The van der Waals surface area contributed by atoms with E-state index >= 15 is 0 Å². The van der Waals surface area contributed by atoms with Crippen molar-refractivity contribution in [2.75, 3.05) is 0 Å². The number of hydrogen-bond donors (Lipinski definition) is 1. The first-order valence-corrected chi connectivity index (χ1v) is 8.10. The van der Waals surface area contributed by atoms with E-state index in [2.05, 4.69) is 0 Å². The molecule has 1 saturated carbocycles. The normalized spacial score (nSPS) is 22.9. The van der Waals surface area contributed by atoms with Crippen LogP contribution in [0.2, 0.25) is 0 Å². The van der Waals surface area contributed by atoms with Crippen LogP contribution in [0.25, 0.3) is 0 Å². The van der Waals surface area contributed by atoms with Gasteiger partial charge in [-0.1, -0.05) is 77.0 Å². The van der Waals surface area contributed by atoms with Crippen LogP contribution in [-0.2, 0) is 4.79 Å². The van der Waals surface area contributed by atoms with E-state index in [1.54, 1.807) is 0 Å². The van der Waals surface area contributed by atoms with Gasteiger partial charge in [-0.3, -0.25) is 4.79 Å².